The second-order valence-corrected chi connectivity index (χ2v) is 8.58. The van der Waals surface area contributed by atoms with Crippen molar-refractivity contribution in [1.82, 2.24) is 20.1 Å². The van der Waals surface area contributed by atoms with Crippen molar-refractivity contribution in [3.8, 4) is 5.69 Å². The summed E-state index contributed by atoms with van der Waals surface area (Å²) in [6, 6.07) is 17.2. The van der Waals surface area contributed by atoms with Crippen molar-refractivity contribution < 1.29 is 4.79 Å². The third-order valence-corrected chi connectivity index (χ3v) is 6.38. The monoisotopic (exact) mass is 462 g/mol. The first-order valence-electron chi connectivity index (χ1n) is 9.99. The second-order valence-electron chi connectivity index (χ2n) is 7.21. The van der Waals surface area contributed by atoms with Crippen molar-refractivity contribution in [3.05, 3.63) is 94.2 Å². The fourth-order valence-corrected chi connectivity index (χ4v) is 4.72. The summed E-state index contributed by atoms with van der Waals surface area (Å²) in [7, 11) is 0. The zero-order valence-corrected chi connectivity index (χ0v) is 18.8. The van der Waals surface area contributed by atoms with Gasteiger partial charge < -0.3 is 0 Å². The fraction of sp³-hybridized carbons (Fsp3) is 0.130. The lowest BCUT2D eigenvalue weighted by Crippen LogP contribution is -2.50. The minimum absolute atomic E-state index is 0.233. The van der Waals surface area contributed by atoms with Gasteiger partial charge in [0.1, 0.15) is 10.9 Å². The van der Waals surface area contributed by atoms with Crippen LogP contribution in [0.25, 0.3) is 11.4 Å². The highest BCUT2D eigenvalue weighted by molar-refractivity contribution is 8.14. The standard InChI is InChI=1S/C23H19ClN6OS/c1-3-13-32-23-26-22(31)19-16-11-7-8-12-17(16)25-21(30(19)28-23)18-14(2)27-29(20(18)24)15-9-5-4-6-10-15/h3-12,21H,1,13H2,2H3,(H,26,28,31)/t21-/m0/s1. The van der Waals surface area contributed by atoms with Crippen LogP contribution in [0.3, 0.4) is 0 Å². The molecule has 0 spiro atoms. The summed E-state index contributed by atoms with van der Waals surface area (Å²) in [6.07, 6.45) is 1.13. The number of amides is 1. The van der Waals surface area contributed by atoms with Gasteiger partial charge in [-0.25, -0.2) is 9.69 Å². The average Bonchev–Trinajstić information content (AvgIpc) is 3.11. The number of carbonyl (C=O) groups excluding carboxylic acids is 1. The highest BCUT2D eigenvalue weighted by atomic mass is 35.5. The number of benzene rings is 2. The van der Waals surface area contributed by atoms with Crippen LogP contribution < -0.4 is 15.9 Å². The Morgan fingerprint density at radius 1 is 1.19 bits per heavy atom. The van der Waals surface area contributed by atoms with Gasteiger partial charge in [0.25, 0.3) is 5.91 Å². The Hall–Kier alpha value is -3.36. The minimum Gasteiger partial charge on any atom is -0.298 e. The first-order valence-corrected chi connectivity index (χ1v) is 11.4. The Bertz CT molecular complexity index is 1380. The first-order chi connectivity index (χ1) is 15.6. The molecule has 0 saturated carbocycles. The number of aryl methyl sites for hydroxylation is 1. The van der Waals surface area contributed by atoms with E-state index in [1.165, 1.54) is 11.8 Å². The van der Waals surface area contributed by atoms with Crippen molar-refractivity contribution in [2.24, 2.45) is 10.1 Å². The van der Waals surface area contributed by atoms with E-state index in [2.05, 4.69) is 17.0 Å². The molecule has 5 rings (SSSR count). The lowest BCUT2D eigenvalue weighted by molar-refractivity contribution is -0.116. The van der Waals surface area contributed by atoms with Crippen LogP contribution in [0.15, 0.2) is 77.3 Å². The Kier molecular flexibility index (Phi) is 5.32. The van der Waals surface area contributed by atoms with E-state index < -0.39 is 6.17 Å². The molecule has 2 aromatic carbocycles. The number of fused-ring (bicyclic) bond motifs is 2. The minimum atomic E-state index is -0.629. The number of halogens is 1. The Balaban J connectivity index is 1.71. The molecule has 32 heavy (non-hydrogen) atoms. The van der Waals surface area contributed by atoms with Crippen molar-refractivity contribution in [2.45, 2.75) is 13.1 Å². The largest absolute Gasteiger partial charge is 0.298 e. The normalized spacial score (nSPS) is 17.1. The fourth-order valence-electron chi connectivity index (χ4n) is 3.76. The molecule has 2 aliphatic heterocycles. The van der Waals surface area contributed by atoms with Gasteiger partial charge in [-0.2, -0.15) is 5.10 Å². The van der Waals surface area contributed by atoms with E-state index in [-0.39, 0.29) is 5.91 Å². The number of carbonyl (C=O) groups is 1. The van der Waals surface area contributed by atoms with Gasteiger partial charge in [-0.15, -0.1) is 11.7 Å². The quantitative estimate of drug-likeness (QED) is 0.605. The van der Waals surface area contributed by atoms with Gasteiger partial charge in [-0.3, -0.25) is 15.1 Å². The molecule has 1 amide bonds. The van der Waals surface area contributed by atoms with Crippen molar-refractivity contribution in [3.63, 3.8) is 0 Å². The molecule has 1 atom stereocenters. The van der Waals surface area contributed by atoms with Gasteiger partial charge >= 0.3 is 0 Å². The number of rotatable bonds is 4. The summed E-state index contributed by atoms with van der Waals surface area (Å²) in [5.74, 6) is 0.384. The Morgan fingerprint density at radius 2 is 1.94 bits per heavy atom. The number of aromatic nitrogens is 2. The summed E-state index contributed by atoms with van der Waals surface area (Å²) in [6.45, 7) is 5.62. The molecule has 0 saturated heterocycles. The van der Waals surface area contributed by atoms with Gasteiger partial charge in [0, 0.05) is 11.0 Å². The summed E-state index contributed by atoms with van der Waals surface area (Å²) < 4.78 is 1.68. The zero-order valence-electron chi connectivity index (χ0n) is 17.2. The number of nitrogens with one attached hydrogen (secondary N) is 1. The first kappa shape index (κ1) is 20.5. The highest BCUT2D eigenvalue weighted by Gasteiger charge is 2.37. The van der Waals surface area contributed by atoms with Crippen LogP contribution in [0.5, 0.6) is 0 Å². The molecule has 0 unspecified atom stereocenters. The number of hydrogen-bond donors (Lipinski definition) is 1. The van der Waals surface area contributed by atoms with E-state index in [0.29, 0.717) is 38.4 Å². The second kappa shape index (κ2) is 8.29. The van der Waals surface area contributed by atoms with Crippen LogP contribution in [-0.4, -0.2) is 31.6 Å². The molecule has 0 aliphatic carbocycles. The molecular weight excluding hydrogens is 444 g/mol. The van der Waals surface area contributed by atoms with E-state index >= 15 is 0 Å². The number of nitrogens with zero attached hydrogens (tertiary/aromatic N) is 5. The van der Waals surface area contributed by atoms with Gasteiger partial charge in [-0.1, -0.05) is 65.8 Å². The smallest absolute Gasteiger partial charge is 0.276 e. The van der Waals surface area contributed by atoms with Crippen LogP contribution in [0, 0.1) is 6.92 Å². The van der Waals surface area contributed by atoms with Gasteiger partial charge in [0.05, 0.1) is 22.3 Å². The molecule has 9 heteroatoms. The maximum atomic E-state index is 13.1. The summed E-state index contributed by atoms with van der Waals surface area (Å²) in [5, 5.41) is 16.3. The lowest BCUT2D eigenvalue weighted by Gasteiger charge is -2.33. The zero-order chi connectivity index (χ0) is 22.2. The van der Waals surface area contributed by atoms with E-state index in [0.717, 1.165) is 10.9 Å². The molecule has 1 N–H and O–H groups in total. The Morgan fingerprint density at radius 3 is 2.72 bits per heavy atom. The highest BCUT2D eigenvalue weighted by Crippen LogP contribution is 2.37. The predicted octanol–water partition coefficient (Wildman–Crippen LogP) is 2.90. The summed E-state index contributed by atoms with van der Waals surface area (Å²) in [5.41, 5.74) is 2.70. The maximum absolute atomic E-state index is 13.1. The molecule has 3 heterocycles. The number of hydrazone groups is 1. The third-order valence-electron chi connectivity index (χ3n) is 5.16. The van der Waals surface area contributed by atoms with Crippen LogP contribution >= 0.6 is 23.4 Å². The third kappa shape index (κ3) is 3.41. The molecule has 160 valence electrons. The molecule has 7 nitrogen and oxygen atoms in total. The topological polar surface area (TPSA) is 74.9 Å². The lowest BCUT2D eigenvalue weighted by atomic mass is 10.1. The van der Waals surface area contributed by atoms with E-state index in [9.17, 15) is 4.79 Å². The SMILES string of the molecule is C=CCSC1=NN2C(=c3ccccc3=N[C@@H]2c2c(C)nn(-c3ccccc3)c2Cl)C(=O)N1. The van der Waals surface area contributed by atoms with E-state index in [1.54, 1.807) is 15.8 Å². The molecule has 2 aliphatic rings. The van der Waals surface area contributed by atoms with Gasteiger partial charge in [-0.05, 0) is 25.1 Å². The van der Waals surface area contributed by atoms with Crippen molar-refractivity contribution in [2.75, 3.05) is 5.75 Å². The number of thioether (sulfide) groups is 1. The molecule has 0 fully saturated rings. The van der Waals surface area contributed by atoms with E-state index in [1.807, 2.05) is 61.5 Å². The molecule has 1 aromatic heterocycles. The van der Waals surface area contributed by atoms with Crippen LogP contribution in [0.1, 0.15) is 17.4 Å². The van der Waals surface area contributed by atoms with Gasteiger partial charge in [0.15, 0.2) is 11.3 Å². The van der Waals surface area contributed by atoms with Crippen LogP contribution in [0.2, 0.25) is 5.15 Å². The molecule has 3 aromatic rings. The van der Waals surface area contributed by atoms with Crippen LogP contribution in [-0.2, 0) is 4.79 Å². The molecule has 0 radical (unpaired) electrons. The number of amidine groups is 1. The number of hydrogen-bond acceptors (Lipinski definition) is 6. The van der Waals surface area contributed by atoms with Crippen molar-refractivity contribution >= 4 is 40.1 Å². The Labute approximate surface area is 193 Å². The molecule has 0 bridgehead atoms. The predicted molar refractivity (Wildman–Crippen MR) is 127 cm³/mol. The number of para-hydroxylation sites is 2. The maximum Gasteiger partial charge on any atom is 0.276 e. The molecular formula is C23H19ClN6OS. The summed E-state index contributed by atoms with van der Waals surface area (Å²) >= 11 is 8.24. The van der Waals surface area contributed by atoms with Crippen LogP contribution in [0.4, 0.5) is 0 Å². The van der Waals surface area contributed by atoms with Crippen molar-refractivity contribution in [1.29, 1.82) is 0 Å². The average molecular weight is 463 g/mol. The van der Waals surface area contributed by atoms with E-state index in [4.69, 9.17) is 21.7 Å². The summed E-state index contributed by atoms with van der Waals surface area (Å²) in [4.78, 5) is 18.1. The van der Waals surface area contributed by atoms with Gasteiger partial charge in [0.2, 0.25) is 0 Å².